The van der Waals surface area contributed by atoms with Crippen LogP contribution >= 0.6 is 0 Å². The molecule has 2 fully saturated rings. The third-order valence-electron chi connectivity index (χ3n) is 4.47. The Kier molecular flexibility index (Phi) is 4.83. The van der Waals surface area contributed by atoms with Crippen molar-refractivity contribution >= 4 is 5.91 Å². The van der Waals surface area contributed by atoms with Crippen molar-refractivity contribution in [1.29, 1.82) is 0 Å². The van der Waals surface area contributed by atoms with Gasteiger partial charge in [-0.05, 0) is 25.0 Å². The highest BCUT2D eigenvalue weighted by Crippen LogP contribution is 2.29. The molecule has 1 saturated heterocycles. The Morgan fingerprint density at radius 2 is 2.05 bits per heavy atom. The van der Waals surface area contributed by atoms with Crippen LogP contribution in [0, 0.1) is 0 Å². The Balaban J connectivity index is 1.61. The summed E-state index contributed by atoms with van der Waals surface area (Å²) < 4.78 is 16.7. The van der Waals surface area contributed by atoms with Crippen LogP contribution in [0.15, 0.2) is 24.3 Å². The van der Waals surface area contributed by atoms with E-state index in [2.05, 4.69) is 0 Å². The number of morpholine rings is 1. The van der Waals surface area contributed by atoms with Crippen LogP contribution in [0.3, 0.4) is 0 Å². The van der Waals surface area contributed by atoms with Crippen molar-refractivity contribution in [2.75, 3.05) is 26.9 Å². The number of rotatable bonds is 4. The fourth-order valence-corrected chi connectivity index (χ4v) is 3.37. The van der Waals surface area contributed by atoms with Gasteiger partial charge in [0.15, 0.2) is 18.1 Å². The molecule has 2 aliphatic rings. The summed E-state index contributed by atoms with van der Waals surface area (Å²) in [4.78, 5) is 14.5. The highest BCUT2D eigenvalue weighted by Gasteiger charge is 2.36. The number of hydrogen-bond acceptors (Lipinski definition) is 4. The number of carbonyl (C=O) groups excluding carboxylic acids is 1. The third-order valence-corrected chi connectivity index (χ3v) is 4.47. The molecule has 0 unspecified atom stereocenters. The highest BCUT2D eigenvalue weighted by atomic mass is 16.5. The van der Waals surface area contributed by atoms with Gasteiger partial charge in [0.25, 0.3) is 5.91 Å². The van der Waals surface area contributed by atoms with Crippen LogP contribution in [-0.4, -0.2) is 49.8 Å². The number of ether oxygens (including phenoxy) is 3. The second-order valence-corrected chi connectivity index (χ2v) is 5.79. The summed E-state index contributed by atoms with van der Waals surface area (Å²) in [5.41, 5.74) is 0. The maximum absolute atomic E-state index is 12.5. The number of methoxy groups -OCH3 is 1. The predicted octanol–water partition coefficient (Wildman–Crippen LogP) is 2.24. The zero-order chi connectivity index (χ0) is 15.4. The Hall–Kier alpha value is -1.75. The molecule has 0 N–H and O–H groups in total. The number of nitrogens with zero attached hydrogens (tertiary/aromatic N) is 1. The van der Waals surface area contributed by atoms with Gasteiger partial charge in [0.05, 0.1) is 25.9 Å². The normalized spacial score (nSPS) is 24.5. The van der Waals surface area contributed by atoms with Crippen LogP contribution in [0.5, 0.6) is 11.5 Å². The third kappa shape index (κ3) is 3.19. The maximum Gasteiger partial charge on any atom is 0.260 e. The molecule has 0 radical (unpaired) electrons. The molecule has 1 heterocycles. The lowest BCUT2D eigenvalue weighted by molar-refractivity contribution is -0.151. The number of fused-ring (bicyclic) bond motifs is 1. The van der Waals surface area contributed by atoms with Crippen molar-refractivity contribution in [3.63, 3.8) is 0 Å². The Labute approximate surface area is 131 Å². The molecule has 22 heavy (non-hydrogen) atoms. The van der Waals surface area contributed by atoms with Crippen molar-refractivity contribution in [3.8, 4) is 11.5 Å². The van der Waals surface area contributed by atoms with E-state index in [0.29, 0.717) is 24.7 Å². The minimum Gasteiger partial charge on any atom is -0.493 e. The van der Waals surface area contributed by atoms with E-state index < -0.39 is 0 Å². The topological polar surface area (TPSA) is 48.0 Å². The first-order valence-corrected chi connectivity index (χ1v) is 7.96. The fraction of sp³-hybridized carbons (Fsp3) is 0.588. The molecule has 1 aromatic carbocycles. The molecule has 1 aliphatic heterocycles. The van der Waals surface area contributed by atoms with Gasteiger partial charge in [-0.2, -0.15) is 0 Å². The summed E-state index contributed by atoms with van der Waals surface area (Å²) in [7, 11) is 1.60. The Morgan fingerprint density at radius 3 is 2.86 bits per heavy atom. The lowest BCUT2D eigenvalue weighted by Gasteiger charge is -2.43. The summed E-state index contributed by atoms with van der Waals surface area (Å²) in [6, 6.07) is 7.60. The molecule has 0 spiro atoms. The summed E-state index contributed by atoms with van der Waals surface area (Å²) in [5, 5.41) is 0. The molecule has 0 aromatic heterocycles. The lowest BCUT2D eigenvalue weighted by atomic mass is 9.90. The second-order valence-electron chi connectivity index (χ2n) is 5.79. The number of carbonyl (C=O) groups is 1. The molecule has 1 aromatic rings. The molecule has 1 saturated carbocycles. The summed E-state index contributed by atoms with van der Waals surface area (Å²) in [5.74, 6) is 1.28. The number of benzene rings is 1. The van der Waals surface area contributed by atoms with E-state index in [1.54, 1.807) is 7.11 Å². The largest absolute Gasteiger partial charge is 0.493 e. The minimum absolute atomic E-state index is 0.0334. The molecule has 1 amide bonds. The van der Waals surface area contributed by atoms with Gasteiger partial charge >= 0.3 is 0 Å². The number of para-hydroxylation sites is 2. The molecule has 0 bridgehead atoms. The van der Waals surface area contributed by atoms with Crippen LogP contribution < -0.4 is 9.47 Å². The predicted molar refractivity (Wildman–Crippen MR) is 82.2 cm³/mol. The summed E-state index contributed by atoms with van der Waals surface area (Å²) >= 11 is 0. The smallest absolute Gasteiger partial charge is 0.260 e. The highest BCUT2D eigenvalue weighted by molar-refractivity contribution is 5.78. The zero-order valence-electron chi connectivity index (χ0n) is 13.0. The SMILES string of the molecule is COc1ccccc1OCC(=O)N1CCO[C@@H]2CCCC[C@H]21. The molecule has 2 atom stereocenters. The first kappa shape index (κ1) is 15.2. The van der Waals surface area contributed by atoms with Gasteiger partial charge < -0.3 is 19.1 Å². The van der Waals surface area contributed by atoms with E-state index in [4.69, 9.17) is 14.2 Å². The Morgan fingerprint density at radius 1 is 1.27 bits per heavy atom. The number of hydrogen-bond donors (Lipinski definition) is 0. The van der Waals surface area contributed by atoms with Crippen molar-refractivity contribution < 1.29 is 19.0 Å². The van der Waals surface area contributed by atoms with E-state index in [9.17, 15) is 4.79 Å². The van der Waals surface area contributed by atoms with E-state index in [0.717, 1.165) is 12.8 Å². The first-order valence-electron chi connectivity index (χ1n) is 7.96. The standard InChI is InChI=1S/C17H23NO4/c1-20-15-8-4-5-9-16(15)22-12-17(19)18-10-11-21-14-7-3-2-6-13(14)18/h4-5,8-9,13-14H,2-3,6-7,10-12H2,1H3/t13-,14-/m1/s1. The van der Waals surface area contributed by atoms with E-state index in [1.165, 1.54) is 12.8 Å². The Bertz CT molecular complexity index is 517. The molecular weight excluding hydrogens is 282 g/mol. The first-order chi connectivity index (χ1) is 10.8. The molecule has 3 rings (SSSR count). The van der Waals surface area contributed by atoms with Crippen molar-refractivity contribution in [1.82, 2.24) is 4.90 Å². The average molecular weight is 305 g/mol. The molecular formula is C17H23NO4. The molecule has 1 aliphatic carbocycles. The van der Waals surface area contributed by atoms with Crippen molar-refractivity contribution in [2.45, 2.75) is 37.8 Å². The second kappa shape index (κ2) is 7.01. The fourth-order valence-electron chi connectivity index (χ4n) is 3.37. The molecule has 5 heteroatoms. The van der Waals surface area contributed by atoms with Gasteiger partial charge in [0.2, 0.25) is 0 Å². The molecule has 5 nitrogen and oxygen atoms in total. The van der Waals surface area contributed by atoms with Crippen LogP contribution in [-0.2, 0) is 9.53 Å². The van der Waals surface area contributed by atoms with Crippen LogP contribution in [0.4, 0.5) is 0 Å². The van der Waals surface area contributed by atoms with Gasteiger partial charge in [-0.15, -0.1) is 0 Å². The van der Waals surface area contributed by atoms with Crippen LogP contribution in [0.25, 0.3) is 0 Å². The minimum atomic E-state index is 0.0334. The van der Waals surface area contributed by atoms with E-state index in [-0.39, 0.29) is 24.7 Å². The average Bonchev–Trinajstić information content (AvgIpc) is 2.59. The van der Waals surface area contributed by atoms with E-state index >= 15 is 0 Å². The quantitative estimate of drug-likeness (QED) is 0.856. The summed E-state index contributed by atoms with van der Waals surface area (Å²) in [6.07, 6.45) is 4.66. The lowest BCUT2D eigenvalue weighted by Crippen LogP contribution is -2.55. The van der Waals surface area contributed by atoms with Crippen LogP contribution in [0.1, 0.15) is 25.7 Å². The maximum atomic E-state index is 12.5. The van der Waals surface area contributed by atoms with Gasteiger partial charge in [0.1, 0.15) is 0 Å². The van der Waals surface area contributed by atoms with Gasteiger partial charge in [-0.3, -0.25) is 4.79 Å². The van der Waals surface area contributed by atoms with E-state index in [1.807, 2.05) is 29.2 Å². The van der Waals surface area contributed by atoms with Gasteiger partial charge in [-0.1, -0.05) is 25.0 Å². The van der Waals surface area contributed by atoms with Gasteiger partial charge in [0, 0.05) is 6.54 Å². The zero-order valence-corrected chi connectivity index (χ0v) is 13.0. The van der Waals surface area contributed by atoms with Gasteiger partial charge in [-0.25, -0.2) is 0 Å². The monoisotopic (exact) mass is 305 g/mol. The van der Waals surface area contributed by atoms with Crippen molar-refractivity contribution in [2.24, 2.45) is 0 Å². The number of amides is 1. The van der Waals surface area contributed by atoms with Crippen molar-refractivity contribution in [3.05, 3.63) is 24.3 Å². The molecule has 120 valence electrons. The van der Waals surface area contributed by atoms with Crippen LogP contribution in [0.2, 0.25) is 0 Å². The summed E-state index contributed by atoms with van der Waals surface area (Å²) in [6.45, 7) is 1.33.